The molecule has 0 radical (unpaired) electrons. The van der Waals surface area contributed by atoms with E-state index in [0.29, 0.717) is 4.47 Å². The fraction of sp³-hybridized carbons (Fsp3) is 0.125. The predicted octanol–water partition coefficient (Wildman–Crippen LogP) is 2.72. The van der Waals surface area contributed by atoms with Crippen molar-refractivity contribution in [2.45, 2.75) is 0 Å². The Morgan fingerprint density at radius 3 is 2.69 bits per heavy atom. The summed E-state index contributed by atoms with van der Waals surface area (Å²) in [5.74, 6) is -2.18. The Morgan fingerprint density at radius 2 is 2.23 bits per heavy atom. The van der Waals surface area contributed by atoms with E-state index in [4.69, 9.17) is 11.6 Å². The molecule has 0 aliphatic carbocycles. The van der Waals surface area contributed by atoms with E-state index in [-0.39, 0.29) is 11.4 Å². The van der Waals surface area contributed by atoms with Gasteiger partial charge in [0.15, 0.2) is 5.78 Å². The van der Waals surface area contributed by atoms with Crippen LogP contribution in [0.4, 0.5) is 4.39 Å². The first-order valence-electron chi connectivity index (χ1n) is 3.33. The highest BCUT2D eigenvalue weighted by atomic mass is 79.9. The van der Waals surface area contributed by atoms with Gasteiger partial charge in [0.1, 0.15) is 11.6 Å². The molecule has 5 heteroatoms. The third-order valence-corrected chi connectivity index (χ3v) is 2.13. The summed E-state index contributed by atoms with van der Waals surface area (Å²) >= 11 is 8.21. The van der Waals surface area contributed by atoms with E-state index in [1.54, 1.807) is 0 Å². The van der Waals surface area contributed by atoms with Crippen LogP contribution in [0.3, 0.4) is 0 Å². The first-order valence-corrected chi connectivity index (χ1v) is 4.66. The van der Waals surface area contributed by atoms with Gasteiger partial charge in [-0.2, -0.15) is 0 Å². The highest BCUT2D eigenvalue weighted by Crippen LogP contribution is 2.26. The average Bonchev–Trinajstić information content (AvgIpc) is 2.02. The third-order valence-electron chi connectivity index (χ3n) is 1.43. The van der Waals surface area contributed by atoms with Crippen molar-refractivity contribution in [1.82, 2.24) is 0 Å². The summed E-state index contributed by atoms with van der Waals surface area (Å²) in [6.07, 6.45) is 0. The van der Waals surface area contributed by atoms with Crippen molar-refractivity contribution in [3.05, 3.63) is 28.0 Å². The summed E-state index contributed by atoms with van der Waals surface area (Å²) in [5, 5.41) is 9.22. The van der Waals surface area contributed by atoms with Gasteiger partial charge in [0.25, 0.3) is 0 Å². The number of halogens is 3. The first-order chi connectivity index (χ1) is 6.06. The van der Waals surface area contributed by atoms with Crippen LogP contribution in [0.1, 0.15) is 10.4 Å². The smallest absolute Gasteiger partial charge is 0.184 e. The van der Waals surface area contributed by atoms with Gasteiger partial charge >= 0.3 is 0 Å². The lowest BCUT2D eigenvalue weighted by Crippen LogP contribution is -2.04. The lowest BCUT2D eigenvalue weighted by molar-refractivity contribution is 0.101. The second kappa shape index (κ2) is 4.07. The van der Waals surface area contributed by atoms with Gasteiger partial charge in [-0.3, -0.25) is 4.79 Å². The van der Waals surface area contributed by atoms with Gasteiger partial charge in [0, 0.05) is 4.47 Å². The average molecular weight is 267 g/mol. The van der Waals surface area contributed by atoms with Crippen LogP contribution >= 0.6 is 27.5 Å². The number of benzene rings is 1. The molecule has 2 nitrogen and oxygen atoms in total. The molecule has 0 fully saturated rings. The SMILES string of the molecule is O=C(CCl)c1c(O)cc(Br)cc1F. The zero-order valence-electron chi connectivity index (χ0n) is 6.35. The highest BCUT2D eigenvalue weighted by Gasteiger charge is 2.16. The van der Waals surface area contributed by atoms with Crippen LogP contribution in [-0.4, -0.2) is 16.8 Å². The molecule has 0 unspecified atom stereocenters. The summed E-state index contributed by atoms with van der Waals surface area (Å²) in [6, 6.07) is 2.34. The van der Waals surface area contributed by atoms with E-state index in [9.17, 15) is 14.3 Å². The molecule has 13 heavy (non-hydrogen) atoms. The van der Waals surface area contributed by atoms with Crippen molar-refractivity contribution in [3.8, 4) is 5.75 Å². The number of Topliss-reactive ketones (excluding diaryl/α,β-unsaturated/α-hetero) is 1. The van der Waals surface area contributed by atoms with Gasteiger partial charge in [-0.15, -0.1) is 11.6 Å². The van der Waals surface area contributed by atoms with Gasteiger partial charge in [-0.05, 0) is 12.1 Å². The van der Waals surface area contributed by atoms with Crippen LogP contribution in [0.5, 0.6) is 5.75 Å². The molecule has 0 aliphatic heterocycles. The lowest BCUT2D eigenvalue weighted by Gasteiger charge is -2.03. The number of phenolic OH excluding ortho intramolecular Hbond substituents is 1. The molecular formula is C8H5BrClFO2. The predicted molar refractivity (Wildman–Crippen MR) is 50.8 cm³/mol. The topological polar surface area (TPSA) is 37.3 Å². The van der Waals surface area contributed by atoms with Gasteiger partial charge in [-0.1, -0.05) is 15.9 Å². The minimum atomic E-state index is -0.780. The van der Waals surface area contributed by atoms with Crippen molar-refractivity contribution in [3.63, 3.8) is 0 Å². The van der Waals surface area contributed by atoms with E-state index in [0.717, 1.165) is 6.07 Å². The number of hydrogen-bond acceptors (Lipinski definition) is 2. The molecule has 70 valence electrons. The fourth-order valence-corrected chi connectivity index (χ4v) is 1.45. The number of carbonyl (C=O) groups is 1. The molecule has 0 aliphatic rings. The zero-order valence-corrected chi connectivity index (χ0v) is 8.69. The van der Waals surface area contributed by atoms with Gasteiger partial charge in [-0.25, -0.2) is 4.39 Å². The Labute approximate surface area is 87.5 Å². The molecule has 0 heterocycles. The largest absolute Gasteiger partial charge is 0.507 e. The monoisotopic (exact) mass is 266 g/mol. The van der Waals surface area contributed by atoms with Gasteiger partial charge in [0.05, 0.1) is 11.4 Å². The molecule has 0 aromatic heterocycles. The lowest BCUT2D eigenvalue weighted by atomic mass is 10.1. The number of alkyl halides is 1. The van der Waals surface area contributed by atoms with Crippen LogP contribution in [-0.2, 0) is 0 Å². The van der Waals surface area contributed by atoms with Crippen LogP contribution in [0.15, 0.2) is 16.6 Å². The van der Waals surface area contributed by atoms with Crippen molar-refractivity contribution in [2.75, 3.05) is 5.88 Å². The number of aromatic hydroxyl groups is 1. The van der Waals surface area contributed by atoms with E-state index >= 15 is 0 Å². The number of hydrogen-bond donors (Lipinski definition) is 1. The van der Waals surface area contributed by atoms with E-state index in [1.807, 2.05) is 0 Å². The Balaban J connectivity index is 3.28. The molecule has 0 spiro atoms. The minimum Gasteiger partial charge on any atom is -0.507 e. The Bertz CT molecular complexity index is 331. The van der Waals surface area contributed by atoms with Gasteiger partial charge < -0.3 is 5.11 Å². The Kier molecular flexibility index (Phi) is 3.27. The molecule has 0 amide bonds. The summed E-state index contributed by atoms with van der Waals surface area (Å²) in [7, 11) is 0. The molecule has 0 atom stereocenters. The summed E-state index contributed by atoms with van der Waals surface area (Å²) in [5.41, 5.74) is -0.363. The highest BCUT2D eigenvalue weighted by molar-refractivity contribution is 9.10. The fourth-order valence-electron chi connectivity index (χ4n) is 0.903. The molecule has 0 saturated heterocycles. The standard InChI is InChI=1S/C8H5BrClFO2/c9-4-1-5(11)8(6(12)2-4)7(13)3-10/h1-2,12H,3H2. The molecule has 1 N–H and O–H groups in total. The second-order valence-electron chi connectivity index (χ2n) is 2.34. The molecule has 0 bridgehead atoms. The van der Waals surface area contributed by atoms with Crippen LogP contribution in [0.2, 0.25) is 0 Å². The maximum atomic E-state index is 13.1. The number of rotatable bonds is 2. The van der Waals surface area contributed by atoms with Crippen LogP contribution < -0.4 is 0 Å². The Hall–Kier alpha value is -0.610. The maximum absolute atomic E-state index is 13.1. The Morgan fingerprint density at radius 1 is 1.62 bits per heavy atom. The number of ketones is 1. The van der Waals surface area contributed by atoms with Crippen LogP contribution in [0.25, 0.3) is 0 Å². The third kappa shape index (κ3) is 2.19. The minimum absolute atomic E-state index is 0.355. The van der Waals surface area contributed by atoms with E-state index in [2.05, 4.69) is 15.9 Å². The van der Waals surface area contributed by atoms with Crippen molar-refractivity contribution < 1.29 is 14.3 Å². The van der Waals surface area contributed by atoms with Crippen molar-refractivity contribution >= 4 is 33.3 Å². The van der Waals surface area contributed by atoms with Crippen LogP contribution in [0, 0.1) is 5.82 Å². The first kappa shape index (κ1) is 10.5. The normalized spacial score (nSPS) is 10.1. The number of phenols is 1. The summed E-state index contributed by atoms with van der Waals surface area (Å²) in [4.78, 5) is 11.0. The summed E-state index contributed by atoms with van der Waals surface area (Å²) in [6.45, 7) is 0. The number of carbonyl (C=O) groups excluding carboxylic acids is 1. The quantitative estimate of drug-likeness (QED) is 0.661. The van der Waals surface area contributed by atoms with E-state index in [1.165, 1.54) is 6.07 Å². The molecule has 0 saturated carbocycles. The van der Waals surface area contributed by atoms with Crippen molar-refractivity contribution in [2.24, 2.45) is 0 Å². The van der Waals surface area contributed by atoms with Crippen molar-refractivity contribution in [1.29, 1.82) is 0 Å². The molecule has 1 aromatic rings. The molecule has 1 aromatic carbocycles. The molecular weight excluding hydrogens is 262 g/mol. The van der Waals surface area contributed by atoms with E-state index < -0.39 is 17.3 Å². The summed E-state index contributed by atoms with van der Waals surface area (Å²) < 4.78 is 13.4. The molecule has 1 rings (SSSR count). The maximum Gasteiger partial charge on any atom is 0.184 e. The van der Waals surface area contributed by atoms with Gasteiger partial charge in [0.2, 0.25) is 0 Å². The zero-order chi connectivity index (χ0) is 10.0. The second-order valence-corrected chi connectivity index (χ2v) is 3.52.